The molecule has 2 bridgehead atoms. The highest BCUT2D eigenvalue weighted by molar-refractivity contribution is 5.74. The Morgan fingerprint density at radius 1 is 1.33 bits per heavy atom. The first-order chi connectivity index (χ1) is 10.2. The first-order valence-electron chi connectivity index (χ1n) is 7.94. The van der Waals surface area contributed by atoms with E-state index in [1.165, 1.54) is 6.42 Å². The summed E-state index contributed by atoms with van der Waals surface area (Å²) in [5.41, 5.74) is 0. The van der Waals surface area contributed by atoms with E-state index in [-0.39, 0.29) is 24.5 Å². The van der Waals surface area contributed by atoms with E-state index in [1.54, 1.807) is 0 Å². The van der Waals surface area contributed by atoms with E-state index in [4.69, 9.17) is 9.47 Å². The van der Waals surface area contributed by atoms with Crippen molar-refractivity contribution in [1.29, 1.82) is 0 Å². The highest BCUT2D eigenvalue weighted by atomic mass is 16.7. The van der Waals surface area contributed by atoms with Gasteiger partial charge in [0, 0.05) is 6.54 Å². The van der Waals surface area contributed by atoms with Crippen LogP contribution < -0.4 is 10.6 Å². The predicted molar refractivity (Wildman–Crippen MR) is 75.8 cm³/mol. The minimum Gasteiger partial charge on any atom is -0.389 e. The van der Waals surface area contributed by atoms with Crippen molar-refractivity contribution in [2.75, 3.05) is 26.2 Å². The first-order valence-corrected chi connectivity index (χ1v) is 7.94. The molecule has 120 valence electrons. The van der Waals surface area contributed by atoms with Gasteiger partial charge >= 0.3 is 6.03 Å². The Morgan fingerprint density at radius 2 is 2.10 bits per heavy atom. The van der Waals surface area contributed by atoms with Crippen molar-refractivity contribution >= 4 is 6.03 Å². The van der Waals surface area contributed by atoms with Crippen molar-refractivity contribution in [2.24, 2.45) is 0 Å². The number of amides is 2. The van der Waals surface area contributed by atoms with Crippen LogP contribution in [0.25, 0.3) is 0 Å². The summed E-state index contributed by atoms with van der Waals surface area (Å²) < 4.78 is 11.5. The summed E-state index contributed by atoms with van der Waals surface area (Å²) in [7, 11) is 0. The molecule has 3 fully saturated rings. The quantitative estimate of drug-likeness (QED) is 0.663. The number of urea groups is 1. The third-order valence-electron chi connectivity index (χ3n) is 4.58. The number of hydrogen-bond donors (Lipinski definition) is 3. The van der Waals surface area contributed by atoms with Crippen LogP contribution >= 0.6 is 0 Å². The zero-order chi connectivity index (χ0) is 14.8. The minimum atomic E-state index is -0.669. The largest absolute Gasteiger partial charge is 0.389 e. The van der Waals surface area contributed by atoms with Gasteiger partial charge in [-0.15, -0.1) is 0 Å². The van der Waals surface area contributed by atoms with Gasteiger partial charge in [0.15, 0.2) is 6.29 Å². The fourth-order valence-corrected chi connectivity index (χ4v) is 3.55. The van der Waals surface area contributed by atoms with Crippen LogP contribution in [0.5, 0.6) is 0 Å². The summed E-state index contributed by atoms with van der Waals surface area (Å²) in [5, 5.41) is 16.3. The van der Waals surface area contributed by atoms with E-state index in [2.05, 4.69) is 15.5 Å². The lowest BCUT2D eigenvalue weighted by atomic mass is 9.93. The van der Waals surface area contributed by atoms with Crippen LogP contribution in [0, 0.1) is 0 Å². The Morgan fingerprint density at radius 3 is 2.81 bits per heavy atom. The molecule has 7 nitrogen and oxygen atoms in total. The van der Waals surface area contributed by atoms with Crippen molar-refractivity contribution in [3.63, 3.8) is 0 Å². The van der Waals surface area contributed by atoms with Crippen LogP contribution in [-0.4, -0.2) is 72.9 Å². The number of carbonyl (C=O) groups excluding carboxylic acids is 1. The van der Waals surface area contributed by atoms with E-state index >= 15 is 0 Å². The maximum absolute atomic E-state index is 11.8. The number of nitrogens with one attached hydrogen (secondary N) is 2. The van der Waals surface area contributed by atoms with Crippen molar-refractivity contribution in [3.05, 3.63) is 0 Å². The number of fused-ring (bicyclic) bond motifs is 2. The van der Waals surface area contributed by atoms with Crippen molar-refractivity contribution in [1.82, 2.24) is 15.5 Å². The van der Waals surface area contributed by atoms with E-state index in [9.17, 15) is 9.90 Å². The average Bonchev–Trinajstić information content (AvgIpc) is 2.91. The van der Waals surface area contributed by atoms with Crippen LogP contribution in [0.4, 0.5) is 4.79 Å². The molecule has 0 aromatic carbocycles. The van der Waals surface area contributed by atoms with Gasteiger partial charge in [-0.25, -0.2) is 4.79 Å². The van der Waals surface area contributed by atoms with Gasteiger partial charge in [-0.05, 0) is 32.9 Å². The molecule has 0 radical (unpaired) electrons. The summed E-state index contributed by atoms with van der Waals surface area (Å²) in [4.78, 5) is 14.0. The highest BCUT2D eigenvalue weighted by Crippen LogP contribution is 2.32. The molecular formula is C14H25N3O4. The number of rotatable bonds is 3. The Labute approximate surface area is 125 Å². The van der Waals surface area contributed by atoms with Crippen molar-refractivity contribution in [2.45, 2.75) is 56.8 Å². The number of aliphatic hydroxyl groups excluding tert-OH is 1. The fraction of sp³-hybridized carbons (Fsp3) is 0.929. The Bertz CT molecular complexity index is 375. The van der Waals surface area contributed by atoms with Crippen LogP contribution in [-0.2, 0) is 9.47 Å². The molecule has 5 unspecified atom stereocenters. The number of nitrogens with zero attached hydrogens (tertiary/aromatic N) is 1. The highest BCUT2D eigenvalue weighted by Gasteiger charge is 2.52. The molecule has 3 rings (SSSR count). The molecule has 3 N–H and O–H groups in total. The number of ether oxygens (including phenoxy) is 2. The molecular weight excluding hydrogens is 274 g/mol. The van der Waals surface area contributed by atoms with Gasteiger partial charge in [-0.2, -0.15) is 0 Å². The Hall–Kier alpha value is -0.890. The van der Waals surface area contributed by atoms with E-state index in [1.807, 2.05) is 6.92 Å². The maximum Gasteiger partial charge on any atom is 0.315 e. The second-order valence-corrected chi connectivity index (χ2v) is 5.98. The lowest BCUT2D eigenvalue weighted by molar-refractivity contribution is -0.183. The van der Waals surface area contributed by atoms with Gasteiger partial charge in [0.25, 0.3) is 0 Å². The Kier molecular flexibility index (Phi) is 4.63. The lowest BCUT2D eigenvalue weighted by Gasteiger charge is -2.45. The summed E-state index contributed by atoms with van der Waals surface area (Å²) in [6, 6.07) is -0.897. The SMILES string of the molecule is CCNC(=O)NC1C2COC(O2)C(N2CCCCC2)C1O. The van der Waals surface area contributed by atoms with E-state index in [0.29, 0.717) is 13.2 Å². The Balaban J connectivity index is 1.70. The maximum atomic E-state index is 11.8. The van der Waals surface area contributed by atoms with Gasteiger partial charge in [0.05, 0.1) is 24.8 Å². The summed E-state index contributed by atoms with van der Waals surface area (Å²) in [6.45, 7) is 4.73. The zero-order valence-electron chi connectivity index (χ0n) is 12.5. The molecule has 3 heterocycles. The molecule has 2 amide bonds. The second-order valence-electron chi connectivity index (χ2n) is 5.98. The molecule has 5 atom stereocenters. The molecule has 21 heavy (non-hydrogen) atoms. The van der Waals surface area contributed by atoms with E-state index in [0.717, 1.165) is 25.9 Å². The standard InChI is InChI=1S/C14H25N3O4/c1-2-15-14(19)16-10-9-8-20-13(21-9)11(12(10)18)17-6-4-3-5-7-17/h9-13,18H,2-8H2,1H3,(H2,15,16,19). The molecule has 3 saturated heterocycles. The first kappa shape index (κ1) is 15.0. The van der Waals surface area contributed by atoms with Crippen LogP contribution in [0.15, 0.2) is 0 Å². The molecule has 3 aliphatic heterocycles. The smallest absolute Gasteiger partial charge is 0.315 e. The van der Waals surface area contributed by atoms with Crippen molar-refractivity contribution in [3.8, 4) is 0 Å². The number of piperidine rings is 1. The fourth-order valence-electron chi connectivity index (χ4n) is 3.55. The molecule has 0 aromatic heterocycles. The number of hydrogen-bond acceptors (Lipinski definition) is 5. The zero-order valence-corrected chi connectivity index (χ0v) is 12.5. The summed E-state index contributed by atoms with van der Waals surface area (Å²) in [5.74, 6) is 0. The molecule has 7 heteroatoms. The molecule has 0 saturated carbocycles. The van der Waals surface area contributed by atoms with Gasteiger partial charge < -0.3 is 25.2 Å². The molecule has 0 spiro atoms. The minimum absolute atomic E-state index is 0.198. The normalized spacial score (nSPS) is 40.0. The monoisotopic (exact) mass is 299 g/mol. The van der Waals surface area contributed by atoms with Crippen LogP contribution in [0.2, 0.25) is 0 Å². The summed E-state index contributed by atoms with van der Waals surface area (Å²) >= 11 is 0. The van der Waals surface area contributed by atoms with Gasteiger partial charge in [0.1, 0.15) is 6.10 Å². The van der Waals surface area contributed by atoms with Gasteiger partial charge in [-0.1, -0.05) is 6.42 Å². The predicted octanol–water partition coefficient (Wildman–Crippen LogP) is -0.355. The number of aliphatic hydroxyl groups is 1. The van der Waals surface area contributed by atoms with Crippen molar-refractivity contribution < 1.29 is 19.4 Å². The van der Waals surface area contributed by atoms with Gasteiger partial charge in [-0.3, -0.25) is 4.90 Å². The molecule has 0 aliphatic carbocycles. The average molecular weight is 299 g/mol. The topological polar surface area (TPSA) is 83.1 Å². The second kappa shape index (κ2) is 6.48. The number of likely N-dealkylation sites (tertiary alicyclic amines) is 1. The van der Waals surface area contributed by atoms with Crippen LogP contribution in [0.3, 0.4) is 0 Å². The third kappa shape index (κ3) is 3.01. The number of carbonyl (C=O) groups is 1. The lowest BCUT2D eigenvalue weighted by Crippen LogP contribution is -2.66. The van der Waals surface area contributed by atoms with Gasteiger partial charge in [0.2, 0.25) is 0 Å². The summed E-state index contributed by atoms with van der Waals surface area (Å²) in [6.07, 6.45) is 2.18. The molecule has 0 aromatic rings. The molecule has 3 aliphatic rings. The van der Waals surface area contributed by atoms with Crippen LogP contribution in [0.1, 0.15) is 26.2 Å². The third-order valence-corrected chi connectivity index (χ3v) is 4.58. The van der Waals surface area contributed by atoms with E-state index < -0.39 is 12.1 Å².